The summed E-state index contributed by atoms with van der Waals surface area (Å²) in [6.45, 7) is 0. The number of halogens is 3. The van der Waals surface area contributed by atoms with E-state index in [0.717, 1.165) is 12.1 Å². The molecule has 7 aromatic carbocycles. The number of alkyl halides is 3. The van der Waals surface area contributed by atoms with Crippen molar-refractivity contribution >= 4 is 76.2 Å². The van der Waals surface area contributed by atoms with Gasteiger partial charge >= 0.3 is 6.18 Å². The Bertz CT molecular complexity index is 3810. The molecule has 0 unspecified atom stereocenters. The average molecular weight is 765 g/mol. The Labute approximate surface area is 320 Å². The van der Waals surface area contributed by atoms with Gasteiger partial charge in [-0.2, -0.15) is 13.2 Å². The van der Waals surface area contributed by atoms with E-state index in [9.17, 15) is 32.3 Å². The van der Waals surface area contributed by atoms with Crippen molar-refractivity contribution in [3.63, 3.8) is 0 Å². The molecule has 274 valence electrons. The van der Waals surface area contributed by atoms with Crippen molar-refractivity contribution in [3.8, 4) is 45.3 Å². The fourth-order valence-electron chi connectivity index (χ4n) is 9.46. The first-order valence-electron chi connectivity index (χ1n) is 18.3. The molecule has 0 spiro atoms. The standard InChI is InChI=1S/C47H19F3N2O6/c48-47(49,50)24-14-20(22-16-31-41-35(18-22)57-33-11-3-9-29-39(33)51(41)37-25(43(29)53)5-1-7-27(37)45(31)55)13-21(15-24)23-17-32-42-36(19-23)58-34-12-4-10-30-40(34)52(42)38-26(44(30)54)6-2-8-28(38)46(32)56/h1-19H. The van der Waals surface area contributed by atoms with E-state index in [1.165, 1.54) is 0 Å². The maximum absolute atomic E-state index is 14.8. The lowest BCUT2D eigenvalue weighted by atomic mass is 9.92. The molecule has 58 heavy (non-hydrogen) atoms. The zero-order chi connectivity index (χ0) is 39.1. The highest BCUT2D eigenvalue weighted by atomic mass is 19.4. The molecule has 0 saturated carbocycles. The first kappa shape index (κ1) is 31.4. The van der Waals surface area contributed by atoms with E-state index >= 15 is 0 Å². The Hall–Kier alpha value is -7.79. The molecule has 11 heteroatoms. The number of para-hydroxylation sites is 4. The number of aromatic nitrogens is 2. The largest absolute Gasteiger partial charge is 0.453 e. The molecule has 8 nitrogen and oxygen atoms in total. The number of nitrogens with zero attached hydrogens (tertiary/aromatic N) is 2. The summed E-state index contributed by atoms with van der Waals surface area (Å²) in [7, 11) is 0. The van der Waals surface area contributed by atoms with E-state index in [2.05, 4.69) is 0 Å². The van der Waals surface area contributed by atoms with Crippen molar-refractivity contribution in [1.29, 1.82) is 0 Å². The van der Waals surface area contributed by atoms with Crippen LogP contribution in [0, 0.1) is 0 Å². The molecule has 0 aliphatic carbocycles. The lowest BCUT2D eigenvalue weighted by Crippen LogP contribution is -2.17. The fraction of sp³-hybridized carbons (Fsp3) is 0.0213. The van der Waals surface area contributed by atoms with E-state index in [4.69, 9.17) is 9.47 Å². The average Bonchev–Trinajstić information content (AvgIpc) is 3.23. The van der Waals surface area contributed by atoms with Gasteiger partial charge in [0.15, 0.2) is 44.7 Å². The van der Waals surface area contributed by atoms with E-state index in [-0.39, 0.29) is 55.4 Å². The van der Waals surface area contributed by atoms with Crippen LogP contribution in [0.2, 0.25) is 0 Å². The van der Waals surface area contributed by atoms with Crippen LogP contribution in [0.3, 0.4) is 0 Å². The predicted octanol–water partition coefficient (Wildman–Crippen LogP) is 9.99. The monoisotopic (exact) mass is 764 g/mol. The minimum Gasteiger partial charge on any atom is -0.453 e. The summed E-state index contributed by atoms with van der Waals surface area (Å²) in [5, 5.41) is 2.56. The Balaban J connectivity index is 1.10. The summed E-state index contributed by atoms with van der Waals surface area (Å²) in [5.41, 5.74) is 1.37. The molecule has 0 radical (unpaired) electrons. The van der Waals surface area contributed by atoms with Crippen LogP contribution in [-0.4, -0.2) is 8.80 Å². The van der Waals surface area contributed by atoms with E-state index < -0.39 is 22.6 Å². The molecular weight excluding hydrogens is 746 g/mol. The van der Waals surface area contributed by atoms with Crippen LogP contribution >= 0.6 is 0 Å². The molecule has 0 bridgehead atoms. The molecule has 0 atom stereocenters. The van der Waals surface area contributed by atoms with Crippen molar-refractivity contribution in [1.82, 2.24) is 8.80 Å². The van der Waals surface area contributed by atoms with Crippen LogP contribution in [0.4, 0.5) is 13.2 Å². The molecule has 0 saturated heterocycles. The number of hydrogen-bond acceptors (Lipinski definition) is 6. The normalized spacial score (nSPS) is 13.3. The van der Waals surface area contributed by atoms with Gasteiger partial charge in [-0.3, -0.25) is 19.2 Å². The second-order valence-electron chi connectivity index (χ2n) is 14.9. The highest BCUT2D eigenvalue weighted by Crippen LogP contribution is 2.47. The molecule has 2 aliphatic heterocycles. The Morgan fingerprint density at radius 3 is 1.09 bits per heavy atom. The first-order chi connectivity index (χ1) is 28.0. The minimum atomic E-state index is -4.77. The first-order valence-corrected chi connectivity index (χ1v) is 18.3. The van der Waals surface area contributed by atoms with Gasteiger partial charge in [-0.25, -0.2) is 0 Å². The van der Waals surface area contributed by atoms with Crippen LogP contribution in [0.15, 0.2) is 134 Å². The van der Waals surface area contributed by atoms with Crippen molar-refractivity contribution in [2.45, 2.75) is 6.18 Å². The van der Waals surface area contributed by atoms with Gasteiger partial charge in [0, 0.05) is 21.5 Å². The summed E-state index contributed by atoms with van der Waals surface area (Å²) in [6, 6.07) is 30.1. The molecular formula is C47H19F3N2O6. The molecule has 2 aliphatic rings. The third-order valence-electron chi connectivity index (χ3n) is 11.9. The van der Waals surface area contributed by atoms with Gasteiger partial charge in [-0.15, -0.1) is 0 Å². The van der Waals surface area contributed by atoms with E-state index in [1.54, 1.807) is 103 Å². The molecule has 0 N–H and O–H groups in total. The number of benzene rings is 7. The van der Waals surface area contributed by atoms with E-state index in [1.807, 2.05) is 8.80 Å². The third kappa shape index (κ3) is 3.71. The van der Waals surface area contributed by atoms with Crippen molar-refractivity contribution in [2.75, 3.05) is 0 Å². The van der Waals surface area contributed by atoms with Gasteiger partial charge < -0.3 is 18.3 Å². The van der Waals surface area contributed by atoms with Crippen LogP contribution in [0.5, 0.6) is 23.0 Å². The van der Waals surface area contributed by atoms with E-state index in [0.29, 0.717) is 76.9 Å². The molecule has 6 heterocycles. The quantitative estimate of drug-likeness (QED) is 0.129. The summed E-state index contributed by atoms with van der Waals surface area (Å²) >= 11 is 0. The number of pyridine rings is 4. The summed E-state index contributed by atoms with van der Waals surface area (Å²) in [6.07, 6.45) is -4.77. The SMILES string of the molecule is O=c1c2cccc3c2n2c4c(cc(-c5cc(-c6cc7c8c(c6)c(=O)c6cccc9c(=O)c%10cccc(c%10n8c96)O7)cc(C(F)(F)F)c5)cc4c(=O)c4cccc1c42)O3. The maximum atomic E-state index is 14.8. The van der Waals surface area contributed by atoms with Crippen LogP contribution in [0.1, 0.15) is 5.56 Å². The summed E-state index contributed by atoms with van der Waals surface area (Å²) < 4.78 is 61.0. The van der Waals surface area contributed by atoms with Crippen molar-refractivity contribution in [2.24, 2.45) is 0 Å². The van der Waals surface area contributed by atoms with Crippen LogP contribution < -0.4 is 31.2 Å². The second kappa shape index (κ2) is 10.1. The Morgan fingerprint density at radius 2 is 0.690 bits per heavy atom. The lowest BCUT2D eigenvalue weighted by molar-refractivity contribution is -0.137. The molecule has 4 aromatic heterocycles. The summed E-state index contributed by atoms with van der Waals surface area (Å²) in [4.78, 5) is 55.8. The number of hydrogen-bond donors (Lipinski definition) is 0. The van der Waals surface area contributed by atoms with Gasteiger partial charge in [0.25, 0.3) is 0 Å². The highest BCUT2D eigenvalue weighted by molar-refractivity contribution is 6.13. The lowest BCUT2D eigenvalue weighted by Gasteiger charge is -2.24. The van der Waals surface area contributed by atoms with Crippen LogP contribution in [0.25, 0.3) is 98.4 Å². The topological polar surface area (TPSA) is 95.6 Å². The maximum Gasteiger partial charge on any atom is 0.416 e. The zero-order valence-electron chi connectivity index (χ0n) is 29.4. The number of rotatable bonds is 2. The van der Waals surface area contributed by atoms with Crippen molar-refractivity contribution < 1.29 is 22.6 Å². The molecule has 13 rings (SSSR count). The van der Waals surface area contributed by atoms with Gasteiger partial charge in [0.05, 0.1) is 38.1 Å². The smallest absolute Gasteiger partial charge is 0.416 e. The molecule has 0 amide bonds. The van der Waals surface area contributed by atoms with Gasteiger partial charge in [0.1, 0.15) is 22.1 Å². The Kier molecular flexibility index (Phi) is 5.49. The third-order valence-corrected chi connectivity index (χ3v) is 11.9. The fourth-order valence-corrected chi connectivity index (χ4v) is 9.46. The zero-order valence-corrected chi connectivity index (χ0v) is 29.4. The minimum absolute atomic E-state index is 0.145. The second-order valence-corrected chi connectivity index (χ2v) is 14.9. The van der Waals surface area contributed by atoms with Gasteiger partial charge in [-0.1, -0.05) is 24.3 Å². The van der Waals surface area contributed by atoms with Gasteiger partial charge in [-0.05, 0) is 113 Å². The molecule has 11 aromatic rings. The highest BCUT2D eigenvalue weighted by Gasteiger charge is 2.33. The molecule has 0 fully saturated rings. The van der Waals surface area contributed by atoms with Gasteiger partial charge in [0.2, 0.25) is 0 Å². The predicted molar refractivity (Wildman–Crippen MR) is 217 cm³/mol. The Morgan fingerprint density at radius 1 is 0.362 bits per heavy atom. The van der Waals surface area contributed by atoms with Crippen LogP contribution in [-0.2, 0) is 6.18 Å². The number of ether oxygens (including phenoxy) is 2. The van der Waals surface area contributed by atoms with Crippen molar-refractivity contribution in [3.05, 3.63) is 162 Å². The summed E-state index contributed by atoms with van der Waals surface area (Å²) in [5.74, 6) is 1.23.